The van der Waals surface area contributed by atoms with E-state index in [1.165, 1.54) is 0 Å². The summed E-state index contributed by atoms with van der Waals surface area (Å²) in [7, 11) is 0. The highest BCUT2D eigenvalue weighted by Gasteiger charge is 2.08. The summed E-state index contributed by atoms with van der Waals surface area (Å²) in [6, 6.07) is 11.0. The molecule has 3 aromatic rings. The molecule has 3 rings (SSSR count). The van der Waals surface area contributed by atoms with Crippen LogP contribution >= 0.6 is 0 Å². The van der Waals surface area contributed by atoms with Gasteiger partial charge in [-0.2, -0.15) is 5.10 Å². The molecule has 0 bridgehead atoms. The van der Waals surface area contributed by atoms with Gasteiger partial charge in [0.05, 0.1) is 11.4 Å². The molecular formula is C16H12F2N4O. The Morgan fingerprint density at radius 3 is 2.48 bits per heavy atom. The van der Waals surface area contributed by atoms with Crippen LogP contribution in [0.2, 0.25) is 0 Å². The highest BCUT2D eigenvalue weighted by Crippen LogP contribution is 2.16. The molecule has 0 saturated heterocycles. The largest absolute Gasteiger partial charge is 0.323 e. The predicted octanol–water partition coefficient (Wildman–Crippen LogP) is 3.79. The summed E-state index contributed by atoms with van der Waals surface area (Å²) in [6.45, 7) is 0. The van der Waals surface area contributed by atoms with Crippen LogP contribution in [0.4, 0.5) is 25.0 Å². The van der Waals surface area contributed by atoms with Crippen molar-refractivity contribution in [2.45, 2.75) is 0 Å². The fraction of sp³-hybridized carbons (Fsp3) is 0. The number of halogens is 2. The van der Waals surface area contributed by atoms with Crippen LogP contribution in [0.5, 0.6) is 0 Å². The van der Waals surface area contributed by atoms with Gasteiger partial charge in [-0.05, 0) is 42.5 Å². The number of carbonyl (C=O) groups is 1. The second-order valence-electron chi connectivity index (χ2n) is 4.70. The van der Waals surface area contributed by atoms with Crippen molar-refractivity contribution >= 4 is 17.4 Å². The maximum Gasteiger partial charge on any atom is 0.323 e. The first-order valence-electron chi connectivity index (χ1n) is 6.75. The smallest absolute Gasteiger partial charge is 0.308 e. The van der Waals surface area contributed by atoms with Crippen molar-refractivity contribution < 1.29 is 13.6 Å². The van der Waals surface area contributed by atoms with Crippen molar-refractivity contribution in [1.29, 1.82) is 0 Å². The number of anilines is 2. The molecule has 2 aromatic carbocycles. The zero-order valence-electron chi connectivity index (χ0n) is 11.8. The normalized spacial score (nSPS) is 10.3. The molecular weight excluding hydrogens is 302 g/mol. The van der Waals surface area contributed by atoms with E-state index in [9.17, 15) is 13.6 Å². The number of hydrogen-bond donors (Lipinski definition) is 2. The average Bonchev–Trinajstić information content (AvgIpc) is 3.05. The summed E-state index contributed by atoms with van der Waals surface area (Å²) in [4.78, 5) is 11.8. The minimum atomic E-state index is -0.839. The van der Waals surface area contributed by atoms with Gasteiger partial charge in [-0.3, -0.25) is 0 Å². The summed E-state index contributed by atoms with van der Waals surface area (Å²) in [6.07, 6.45) is 3.46. The van der Waals surface area contributed by atoms with Gasteiger partial charge in [0, 0.05) is 24.1 Å². The maximum atomic E-state index is 13.5. The third-order valence-electron chi connectivity index (χ3n) is 3.07. The Labute approximate surface area is 130 Å². The molecule has 0 fully saturated rings. The predicted molar refractivity (Wildman–Crippen MR) is 82.6 cm³/mol. The number of hydrogen-bond acceptors (Lipinski definition) is 2. The first-order valence-corrected chi connectivity index (χ1v) is 6.75. The Balaban J connectivity index is 1.66. The van der Waals surface area contributed by atoms with Gasteiger partial charge < -0.3 is 10.6 Å². The molecule has 116 valence electrons. The van der Waals surface area contributed by atoms with Gasteiger partial charge in [0.15, 0.2) is 0 Å². The highest BCUT2D eigenvalue weighted by atomic mass is 19.1. The van der Waals surface area contributed by atoms with E-state index in [-0.39, 0.29) is 5.69 Å². The van der Waals surface area contributed by atoms with Gasteiger partial charge in [0.1, 0.15) is 11.6 Å². The monoisotopic (exact) mass is 314 g/mol. The molecule has 0 aliphatic rings. The molecule has 0 aliphatic carbocycles. The topological polar surface area (TPSA) is 59.0 Å². The standard InChI is InChI=1S/C16H12F2N4O/c17-11-2-7-15(14(18)10-11)21-16(23)20-12-3-5-13(6-4-12)22-9-1-8-19-22/h1-10H,(H2,20,21,23). The molecule has 2 N–H and O–H groups in total. The van der Waals surface area contributed by atoms with Crippen LogP contribution in [0.25, 0.3) is 5.69 Å². The highest BCUT2D eigenvalue weighted by molar-refractivity contribution is 5.99. The molecule has 0 aliphatic heterocycles. The van der Waals surface area contributed by atoms with E-state index in [4.69, 9.17) is 0 Å². The van der Waals surface area contributed by atoms with Crippen LogP contribution in [0.3, 0.4) is 0 Å². The van der Waals surface area contributed by atoms with E-state index < -0.39 is 17.7 Å². The Bertz CT molecular complexity index is 817. The van der Waals surface area contributed by atoms with E-state index in [0.717, 1.165) is 17.8 Å². The lowest BCUT2D eigenvalue weighted by Crippen LogP contribution is -2.20. The van der Waals surface area contributed by atoms with Crippen molar-refractivity contribution in [2.75, 3.05) is 10.6 Å². The number of carbonyl (C=O) groups excluding carboxylic acids is 1. The van der Waals surface area contributed by atoms with E-state index in [1.54, 1.807) is 47.4 Å². The van der Waals surface area contributed by atoms with Crippen LogP contribution in [-0.4, -0.2) is 15.8 Å². The van der Waals surface area contributed by atoms with E-state index in [1.807, 2.05) is 0 Å². The number of nitrogens with zero attached hydrogens (tertiary/aromatic N) is 2. The molecule has 23 heavy (non-hydrogen) atoms. The minimum absolute atomic E-state index is 0.0999. The quantitative estimate of drug-likeness (QED) is 0.772. The van der Waals surface area contributed by atoms with Crippen molar-refractivity contribution in [3.8, 4) is 5.69 Å². The fourth-order valence-corrected chi connectivity index (χ4v) is 1.99. The van der Waals surface area contributed by atoms with Gasteiger partial charge in [0.2, 0.25) is 0 Å². The van der Waals surface area contributed by atoms with Crippen LogP contribution in [0, 0.1) is 11.6 Å². The first kappa shape index (κ1) is 14.7. The third-order valence-corrected chi connectivity index (χ3v) is 3.07. The van der Waals surface area contributed by atoms with Crippen LogP contribution in [0.15, 0.2) is 60.9 Å². The summed E-state index contributed by atoms with van der Waals surface area (Å²) in [5.74, 6) is -1.54. The lowest BCUT2D eigenvalue weighted by molar-refractivity contribution is 0.262. The second kappa shape index (κ2) is 6.27. The third kappa shape index (κ3) is 3.52. The van der Waals surface area contributed by atoms with E-state index >= 15 is 0 Å². The number of benzene rings is 2. The molecule has 1 aromatic heterocycles. The minimum Gasteiger partial charge on any atom is -0.308 e. The van der Waals surface area contributed by atoms with Crippen molar-refractivity contribution in [3.63, 3.8) is 0 Å². The summed E-state index contributed by atoms with van der Waals surface area (Å²) in [5, 5.41) is 8.98. The number of urea groups is 1. The van der Waals surface area contributed by atoms with Crippen LogP contribution < -0.4 is 10.6 Å². The molecule has 5 nitrogen and oxygen atoms in total. The Morgan fingerprint density at radius 1 is 1.04 bits per heavy atom. The Hall–Kier alpha value is -3.22. The Morgan fingerprint density at radius 2 is 1.83 bits per heavy atom. The second-order valence-corrected chi connectivity index (χ2v) is 4.70. The van der Waals surface area contributed by atoms with Crippen molar-refractivity contribution in [3.05, 3.63) is 72.6 Å². The number of aromatic nitrogens is 2. The van der Waals surface area contributed by atoms with E-state index in [2.05, 4.69) is 15.7 Å². The van der Waals surface area contributed by atoms with Gasteiger partial charge >= 0.3 is 6.03 Å². The van der Waals surface area contributed by atoms with Gasteiger partial charge in [-0.25, -0.2) is 18.3 Å². The molecule has 0 saturated carbocycles. The van der Waals surface area contributed by atoms with Crippen molar-refractivity contribution in [1.82, 2.24) is 9.78 Å². The molecule has 0 atom stereocenters. The summed E-state index contributed by atoms with van der Waals surface area (Å²) >= 11 is 0. The molecule has 2 amide bonds. The lowest BCUT2D eigenvalue weighted by atomic mass is 10.3. The first-order chi connectivity index (χ1) is 11.1. The number of amides is 2. The van der Waals surface area contributed by atoms with E-state index in [0.29, 0.717) is 11.8 Å². The van der Waals surface area contributed by atoms with Crippen LogP contribution in [-0.2, 0) is 0 Å². The Kier molecular flexibility index (Phi) is 4.01. The molecule has 0 unspecified atom stereocenters. The SMILES string of the molecule is O=C(Nc1ccc(-n2cccn2)cc1)Nc1ccc(F)cc1F. The molecule has 0 spiro atoms. The van der Waals surface area contributed by atoms with Gasteiger partial charge in [0.25, 0.3) is 0 Å². The average molecular weight is 314 g/mol. The zero-order valence-corrected chi connectivity index (χ0v) is 11.8. The zero-order chi connectivity index (χ0) is 16.2. The van der Waals surface area contributed by atoms with Crippen molar-refractivity contribution in [2.24, 2.45) is 0 Å². The summed E-state index contributed by atoms with van der Waals surface area (Å²) < 4.78 is 28.0. The fourth-order valence-electron chi connectivity index (χ4n) is 1.99. The number of nitrogens with one attached hydrogen (secondary N) is 2. The number of rotatable bonds is 3. The van der Waals surface area contributed by atoms with Gasteiger partial charge in [-0.1, -0.05) is 0 Å². The lowest BCUT2D eigenvalue weighted by Gasteiger charge is -2.09. The van der Waals surface area contributed by atoms with Crippen LogP contribution in [0.1, 0.15) is 0 Å². The molecule has 7 heteroatoms. The maximum absolute atomic E-state index is 13.5. The van der Waals surface area contributed by atoms with Gasteiger partial charge in [-0.15, -0.1) is 0 Å². The summed E-state index contributed by atoms with van der Waals surface area (Å²) in [5.41, 5.74) is 1.27. The molecule has 0 radical (unpaired) electrons. The molecule has 1 heterocycles.